The van der Waals surface area contributed by atoms with Crippen molar-refractivity contribution in [3.63, 3.8) is 0 Å². The van der Waals surface area contributed by atoms with E-state index >= 15 is 0 Å². The van der Waals surface area contributed by atoms with Crippen molar-refractivity contribution in [1.29, 1.82) is 0 Å². The van der Waals surface area contributed by atoms with Crippen LogP contribution in [-0.2, 0) is 4.74 Å². The highest BCUT2D eigenvalue weighted by Gasteiger charge is 2.08. The molecule has 0 aliphatic rings. The Hall–Kier alpha value is -1.42. The summed E-state index contributed by atoms with van der Waals surface area (Å²) in [4.78, 5) is 15.2. The summed E-state index contributed by atoms with van der Waals surface area (Å²) in [7, 11) is 0. The fraction of sp³-hybridized carbons (Fsp3) is 0.400. The number of carbonyl (C=O) groups excluding carboxylic acids is 1. The van der Waals surface area contributed by atoms with Gasteiger partial charge in [0, 0.05) is 18.4 Å². The molecule has 0 aliphatic carbocycles. The van der Waals surface area contributed by atoms with Gasteiger partial charge in [0.05, 0.1) is 12.2 Å². The van der Waals surface area contributed by atoms with Crippen LogP contribution < -0.4 is 5.73 Å². The maximum Gasteiger partial charge on any atom is 0.339 e. The zero-order valence-electron chi connectivity index (χ0n) is 8.36. The van der Waals surface area contributed by atoms with E-state index in [1.807, 2.05) is 6.92 Å². The first-order valence-corrected chi connectivity index (χ1v) is 4.52. The van der Waals surface area contributed by atoms with E-state index in [-0.39, 0.29) is 12.0 Å². The Morgan fingerprint density at radius 2 is 2.36 bits per heavy atom. The molecule has 0 saturated heterocycles. The average Bonchev–Trinajstić information content (AvgIpc) is 2.18. The smallest absolute Gasteiger partial charge is 0.339 e. The van der Waals surface area contributed by atoms with Crippen LogP contribution in [0.2, 0.25) is 0 Å². The molecule has 4 nitrogen and oxygen atoms in total. The van der Waals surface area contributed by atoms with E-state index in [0.29, 0.717) is 12.2 Å². The number of nitrogens with two attached hydrogens (primary N) is 1. The molecule has 1 rings (SSSR count). The minimum atomic E-state index is -0.359. The Balaban J connectivity index is 2.88. The van der Waals surface area contributed by atoms with Crippen LogP contribution in [-0.4, -0.2) is 17.6 Å². The second-order valence-corrected chi connectivity index (χ2v) is 3.02. The van der Waals surface area contributed by atoms with E-state index < -0.39 is 0 Å². The van der Waals surface area contributed by atoms with Gasteiger partial charge in [-0.25, -0.2) is 4.79 Å². The maximum atomic E-state index is 11.3. The molecule has 0 aliphatic heterocycles. The minimum absolute atomic E-state index is 0.128. The molecule has 0 fully saturated rings. The van der Waals surface area contributed by atoms with Gasteiger partial charge in [-0.05, 0) is 25.5 Å². The number of pyridine rings is 1. The predicted octanol–water partition coefficient (Wildman–Crippen LogP) is 1.28. The number of aromatic nitrogens is 1. The van der Waals surface area contributed by atoms with Gasteiger partial charge >= 0.3 is 5.97 Å². The fourth-order valence-corrected chi connectivity index (χ4v) is 1.03. The third kappa shape index (κ3) is 2.53. The van der Waals surface area contributed by atoms with Gasteiger partial charge < -0.3 is 10.5 Å². The van der Waals surface area contributed by atoms with Gasteiger partial charge in [0.2, 0.25) is 0 Å². The van der Waals surface area contributed by atoms with Crippen molar-refractivity contribution in [1.82, 2.24) is 4.98 Å². The molecule has 0 radical (unpaired) electrons. The summed E-state index contributed by atoms with van der Waals surface area (Å²) in [6.07, 6.45) is 3.12. The highest BCUT2D eigenvalue weighted by atomic mass is 16.5. The van der Waals surface area contributed by atoms with Crippen LogP contribution in [0.1, 0.15) is 35.8 Å². The SMILES string of the molecule is CCOC(=O)c1cncc(C(C)N)c1. The van der Waals surface area contributed by atoms with E-state index in [0.717, 1.165) is 5.56 Å². The van der Waals surface area contributed by atoms with E-state index in [1.54, 1.807) is 19.2 Å². The summed E-state index contributed by atoms with van der Waals surface area (Å²) in [5, 5.41) is 0. The molecule has 14 heavy (non-hydrogen) atoms. The number of hydrogen-bond donors (Lipinski definition) is 1. The van der Waals surface area contributed by atoms with E-state index in [9.17, 15) is 4.79 Å². The number of esters is 1. The molecule has 76 valence electrons. The zero-order valence-corrected chi connectivity index (χ0v) is 8.36. The van der Waals surface area contributed by atoms with Crippen LogP contribution in [0.3, 0.4) is 0 Å². The standard InChI is InChI=1S/C10H14N2O2/c1-3-14-10(13)9-4-8(7(2)11)5-12-6-9/h4-7H,3,11H2,1-2H3. The van der Waals surface area contributed by atoms with Gasteiger partial charge in [0.15, 0.2) is 0 Å². The van der Waals surface area contributed by atoms with Crippen LogP contribution >= 0.6 is 0 Å². The molecule has 1 heterocycles. The summed E-state index contributed by atoms with van der Waals surface area (Å²) in [6, 6.07) is 1.58. The predicted molar refractivity (Wildman–Crippen MR) is 52.8 cm³/mol. The lowest BCUT2D eigenvalue weighted by Crippen LogP contribution is -2.09. The number of ether oxygens (including phenoxy) is 1. The third-order valence-electron chi connectivity index (χ3n) is 1.80. The molecule has 0 aromatic carbocycles. The van der Waals surface area contributed by atoms with Crippen molar-refractivity contribution in [3.8, 4) is 0 Å². The zero-order chi connectivity index (χ0) is 10.6. The second-order valence-electron chi connectivity index (χ2n) is 3.02. The van der Waals surface area contributed by atoms with Gasteiger partial charge in [-0.3, -0.25) is 4.98 Å². The minimum Gasteiger partial charge on any atom is -0.462 e. The monoisotopic (exact) mass is 194 g/mol. The Bertz CT molecular complexity index is 324. The molecule has 1 unspecified atom stereocenters. The average molecular weight is 194 g/mol. The number of carbonyl (C=O) groups is 1. The fourth-order valence-electron chi connectivity index (χ4n) is 1.03. The molecule has 4 heteroatoms. The van der Waals surface area contributed by atoms with Gasteiger partial charge in [-0.1, -0.05) is 0 Å². The maximum absolute atomic E-state index is 11.3. The normalized spacial score (nSPS) is 12.2. The van der Waals surface area contributed by atoms with Crippen molar-refractivity contribution >= 4 is 5.97 Å². The molecular weight excluding hydrogens is 180 g/mol. The van der Waals surface area contributed by atoms with Crippen LogP contribution in [0.4, 0.5) is 0 Å². The highest BCUT2D eigenvalue weighted by molar-refractivity contribution is 5.89. The summed E-state index contributed by atoms with van der Waals surface area (Å²) in [5.74, 6) is -0.359. The Morgan fingerprint density at radius 3 is 2.93 bits per heavy atom. The second kappa shape index (κ2) is 4.72. The molecule has 0 spiro atoms. The van der Waals surface area contributed by atoms with Gasteiger partial charge in [0.1, 0.15) is 0 Å². The molecule has 0 saturated carbocycles. The van der Waals surface area contributed by atoms with Crippen LogP contribution in [0.5, 0.6) is 0 Å². The van der Waals surface area contributed by atoms with Crippen LogP contribution in [0.15, 0.2) is 18.5 Å². The molecular formula is C10H14N2O2. The summed E-state index contributed by atoms with van der Waals surface area (Å²) < 4.78 is 4.84. The van der Waals surface area contributed by atoms with Crippen molar-refractivity contribution in [2.75, 3.05) is 6.61 Å². The van der Waals surface area contributed by atoms with Crippen LogP contribution in [0.25, 0.3) is 0 Å². The van der Waals surface area contributed by atoms with Gasteiger partial charge in [-0.2, -0.15) is 0 Å². The lowest BCUT2D eigenvalue weighted by atomic mass is 10.1. The molecule has 0 amide bonds. The first kappa shape index (κ1) is 10.7. The largest absolute Gasteiger partial charge is 0.462 e. The van der Waals surface area contributed by atoms with Crippen LogP contribution in [0, 0.1) is 0 Å². The van der Waals surface area contributed by atoms with E-state index in [4.69, 9.17) is 10.5 Å². The first-order valence-electron chi connectivity index (χ1n) is 4.52. The van der Waals surface area contributed by atoms with Gasteiger partial charge in [0.25, 0.3) is 0 Å². The summed E-state index contributed by atoms with van der Waals surface area (Å²) in [6.45, 7) is 3.97. The highest BCUT2D eigenvalue weighted by Crippen LogP contribution is 2.10. The molecule has 2 N–H and O–H groups in total. The molecule has 1 aromatic rings. The summed E-state index contributed by atoms with van der Waals surface area (Å²) in [5.41, 5.74) is 6.94. The molecule has 1 aromatic heterocycles. The van der Waals surface area contributed by atoms with Crippen molar-refractivity contribution in [2.45, 2.75) is 19.9 Å². The van der Waals surface area contributed by atoms with Gasteiger partial charge in [-0.15, -0.1) is 0 Å². The quantitative estimate of drug-likeness (QED) is 0.736. The topological polar surface area (TPSA) is 65.2 Å². The van der Waals surface area contributed by atoms with E-state index in [2.05, 4.69) is 4.98 Å². The Labute approximate surface area is 83.1 Å². The van der Waals surface area contributed by atoms with Crippen molar-refractivity contribution in [2.24, 2.45) is 5.73 Å². The Morgan fingerprint density at radius 1 is 1.64 bits per heavy atom. The molecule has 0 bridgehead atoms. The Kier molecular flexibility index (Phi) is 3.59. The van der Waals surface area contributed by atoms with Crippen molar-refractivity contribution in [3.05, 3.63) is 29.6 Å². The number of hydrogen-bond acceptors (Lipinski definition) is 4. The van der Waals surface area contributed by atoms with E-state index in [1.165, 1.54) is 6.20 Å². The lowest BCUT2D eigenvalue weighted by molar-refractivity contribution is 0.0525. The third-order valence-corrected chi connectivity index (χ3v) is 1.80. The number of rotatable bonds is 3. The first-order chi connectivity index (χ1) is 6.65. The lowest BCUT2D eigenvalue weighted by Gasteiger charge is -2.06. The number of nitrogens with zero attached hydrogens (tertiary/aromatic N) is 1. The van der Waals surface area contributed by atoms with Crippen molar-refractivity contribution < 1.29 is 9.53 Å². The molecule has 1 atom stereocenters. The summed E-state index contributed by atoms with van der Waals surface area (Å²) >= 11 is 0.